The van der Waals surface area contributed by atoms with E-state index in [0.29, 0.717) is 0 Å². The Kier molecular flexibility index (Phi) is 4.75. The van der Waals surface area contributed by atoms with Gasteiger partial charge < -0.3 is 9.84 Å². The van der Waals surface area contributed by atoms with Crippen LogP contribution >= 0.6 is 0 Å². The Labute approximate surface area is 136 Å². The largest absolute Gasteiger partial charge is 0.478 e. The minimum atomic E-state index is -1.12. The number of carboxylic acid groups (broad SMARTS) is 1. The first-order chi connectivity index (χ1) is 11.4. The summed E-state index contributed by atoms with van der Waals surface area (Å²) in [5, 5.41) is 22.1. The number of aromatic nitrogens is 2. The van der Waals surface area contributed by atoms with Crippen molar-refractivity contribution in [2.45, 2.75) is 13.8 Å². The Morgan fingerprint density at radius 1 is 1.33 bits per heavy atom. The maximum Gasteiger partial charge on any atom is 0.359 e. The Balaban J connectivity index is 2.68. The molecule has 8 heteroatoms. The highest BCUT2D eigenvalue weighted by Gasteiger charge is 2.21. The SMILES string of the molecule is CCOC(=O)c1nn(-c2ccc(C(=O)O)cc2)c(=O)c(C#N)c1C. The van der Waals surface area contributed by atoms with Crippen molar-refractivity contribution in [1.29, 1.82) is 5.26 Å². The van der Waals surface area contributed by atoms with Crippen LogP contribution in [0.25, 0.3) is 5.69 Å². The van der Waals surface area contributed by atoms with Gasteiger partial charge in [0.25, 0.3) is 5.56 Å². The summed E-state index contributed by atoms with van der Waals surface area (Å²) in [5.41, 5.74) is -0.673. The minimum Gasteiger partial charge on any atom is -0.478 e. The molecular formula is C16H13N3O5. The molecule has 2 rings (SSSR count). The van der Waals surface area contributed by atoms with Crippen LogP contribution in [-0.2, 0) is 4.74 Å². The van der Waals surface area contributed by atoms with Gasteiger partial charge in [-0.25, -0.2) is 9.59 Å². The lowest BCUT2D eigenvalue weighted by Gasteiger charge is -2.11. The fraction of sp³-hybridized carbons (Fsp3) is 0.188. The lowest BCUT2D eigenvalue weighted by Crippen LogP contribution is -2.28. The van der Waals surface area contributed by atoms with Gasteiger partial charge in [-0.15, -0.1) is 0 Å². The number of esters is 1. The van der Waals surface area contributed by atoms with Gasteiger partial charge in [-0.2, -0.15) is 15.0 Å². The number of nitrogens with zero attached hydrogens (tertiary/aromatic N) is 3. The fourth-order valence-electron chi connectivity index (χ4n) is 2.05. The molecule has 1 aromatic carbocycles. The van der Waals surface area contributed by atoms with E-state index in [1.807, 2.05) is 0 Å². The number of carboxylic acids is 1. The zero-order valence-corrected chi connectivity index (χ0v) is 12.9. The Bertz CT molecular complexity index is 907. The molecule has 122 valence electrons. The predicted octanol–water partition coefficient (Wildman–Crippen LogP) is 1.29. The molecule has 0 atom stereocenters. The van der Waals surface area contributed by atoms with Crippen molar-refractivity contribution < 1.29 is 19.4 Å². The summed E-state index contributed by atoms with van der Waals surface area (Å²) in [6.07, 6.45) is 0. The topological polar surface area (TPSA) is 122 Å². The molecular weight excluding hydrogens is 314 g/mol. The van der Waals surface area contributed by atoms with Crippen LogP contribution in [-0.4, -0.2) is 33.4 Å². The fourth-order valence-corrected chi connectivity index (χ4v) is 2.05. The van der Waals surface area contributed by atoms with E-state index in [-0.39, 0.29) is 34.7 Å². The zero-order chi connectivity index (χ0) is 17.9. The van der Waals surface area contributed by atoms with E-state index in [0.717, 1.165) is 4.68 Å². The van der Waals surface area contributed by atoms with Crippen LogP contribution in [0.3, 0.4) is 0 Å². The molecule has 0 aliphatic rings. The summed E-state index contributed by atoms with van der Waals surface area (Å²) in [6, 6.07) is 7.08. The molecule has 24 heavy (non-hydrogen) atoms. The van der Waals surface area contributed by atoms with Crippen LogP contribution in [0.5, 0.6) is 0 Å². The molecule has 0 amide bonds. The smallest absolute Gasteiger partial charge is 0.359 e. The molecule has 0 aliphatic carbocycles. The minimum absolute atomic E-state index is 0.0324. The molecule has 1 heterocycles. The number of benzene rings is 1. The van der Waals surface area contributed by atoms with Gasteiger partial charge in [-0.3, -0.25) is 4.79 Å². The van der Waals surface area contributed by atoms with Gasteiger partial charge in [0.2, 0.25) is 0 Å². The van der Waals surface area contributed by atoms with E-state index >= 15 is 0 Å². The highest BCUT2D eigenvalue weighted by atomic mass is 16.5. The van der Waals surface area contributed by atoms with E-state index in [2.05, 4.69) is 5.10 Å². The van der Waals surface area contributed by atoms with E-state index in [9.17, 15) is 19.6 Å². The number of carbonyl (C=O) groups is 2. The molecule has 0 spiro atoms. The van der Waals surface area contributed by atoms with Gasteiger partial charge in [0.05, 0.1) is 17.9 Å². The molecule has 0 unspecified atom stereocenters. The summed E-state index contributed by atoms with van der Waals surface area (Å²) in [4.78, 5) is 35.3. The second-order valence-electron chi connectivity index (χ2n) is 4.75. The molecule has 1 aromatic heterocycles. The van der Waals surface area contributed by atoms with Crippen LogP contribution in [0.15, 0.2) is 29.1 Å². The average Bonchev–Trinajstić information content (AvgIpc) is 2.56. The summed E-state index contributed by atoms with van der Waals surface area (Å²) in [5.74, 6) is -1.86. The van der Waals surface area contributed by atoms with Crippen LogP contribution in [0.2, 0.25) is 0 Å². The molecule has 0 radical (unpaired) electrons. The Hall–Kier alpha value is -3.47. The number of aromatic carboxylic acids is 1. The maximum absolute atomic E-state index is 12.4. The number of nitriles is 1. The van der Waals surface area contributed by atoms with Crippen molar-refractivity contribution >= 4 is 11.9 Å². The van der Waals surface area contributed by atoms with Crippen molar-refractivity contribution in [2.75, 3.05) is 6.61 Å². The second kappa shape index (κ2) is 6.75. The second-order valence-corrected chi connectivity index (χ2v) is 4.75. The highest BCUT2D eigenvalue weighted by Crippen LogP contribution is 2.12. The van der Waals surface area contributed by atoms with Gasteiger partial charge in [-0.05, 0) is 38.1 Å². The lowest BCUT2D eigenvalue weighted by molar-refractivity contribution is 0.0515. The van der Waals surface area contributed by atoms with Crippen LogP contribution < -0.4 is 5.56 Å². The molecule has 0 fully saturated rings. The van der Waals surface area contributed by atoms with Gasteiger partial charge in [0.1, 0.15) is 11.6 Å². The van der Waals surface area contributed by atoms with Gasteiger partial charge >= 0.3 is 11.9 Å². The van der Waals surface area contributed by atoms with E-state index in [1.54, 1.807) is 13.0 Å². The monoisotopic (exact) mass is 327 g/mol. The Morgan fingerprint density at radius 3 is 2.46 bits per heavy atom. The first-order valence-corrected chi connectivity index (χ1v) is 6.95. The molecule has 0 aliphatic heterocycles. The van der Waals surface area contributed by atoms with Crippen molar-refractivity contribution in [1.82, 2.24) is 9.78 Å². The molecule has 1 N–H and O–H groups in total. The van der Waals surface area contributed by atoms with Gasteiger partial charge in [-0.1, -0.05) is 0 Å². The molecule has 8 nitrogen and oxygen atoms in total. The maximum atomic E-state index is 12.4. The zero-order valence-electron chi connectivity index (χ0n) is 12.9. The summed E-state index contributed by atoms with van der Waals surface area (Å²) >= 11 is 0. The standard InChI is InChI=1S/C16H13N3O5/c1-3-24-16(23)13-9(2)12(8-17)14(20)19(18-13)11-6-4-10(5-7-11)15(21)22/h4-7H,3H2,1-2H3,(H,21,22). The molecule has 0 saturated carbocycles. The van der Waals surface area contributed by atoms with Crippen LogP contribution in [0, 0.1) is 18.3 Å². The van der Waals surface area contributed by atoms with E-state index < -0.39 is 17.5 Å². The van der Waals surface area contributed by atoms with Crippen molar-refractivity contribution in [3.8, 4) is 11.8 Å². The summed E-state index contributed by atoms with van der Waals surface area (Å²) in [7, 11) is 0. The third-order valence-electron chi connectivity index (χ3n) is 3.28. The number of rotatable bonds is 4. The van der Waals surface area contributed by atoms with Gasteiger partial charge in [0, 0.05) is 5.56 Å². The molecule has 2 aromatic rings. The van der Waals surface area contributed by atoms with E-state index in [4.69, 9.17) is 9.84 Å². The predicted molar refractivity (Wildman–Crippen MR) is 82.2 cm³/mol. The number of hydrogen-bond acceptors (Lipinski definition) is 6. The van der Waals surface area contributed by atoms with Crippen LogP contribution in [0.1, 0.15) is 38.9 Å². The van der Waals surface area contributed by atoms with Crippen molar-refractivity contribution in [3.63, 3.8) is 0 Å². The van der Waals surface area contributed by atoms with Crippen molar-refractivity contribution in [2.24, 2.45) is 0 Å². The van der Waals surface area contributed by atoms with Gasteiger partial charge in [0.15, 0.2) is 5.69 Å². The van der Waals surface area contributed by atoms with Crippen LogP contribution in [0.4, 0.5) is 0 Å². The number of hydrogen-bond donors (Lipinski definition) is 1. The first-order valence-electron chi connectivity index (χ1n) is 6.95. The summed E-state index contributed by atoms with van der Waals surface area (Å²) in [6.45, 7) is 3.18. The molecule has 0 bridgehead atoms. The quantitative estimate of drug-likeness (QED) is 0.839. The Morgan fingerprint density at radius 2 is 1.96 bits per heavy atom. The number of ether oxygens (including phenoxy) is 1. The molecule has 0 saturated heterocycles. The highest BCUT2D eigenvalue weighted by molar-refractivity contribution is 5.89. The third-order valence-corrected chi connectivity index (χ3v) is 3.28. The van der Waals surface area contributed by atoms with E-state index in [1.165, 1.54) is 31.2 Å². The van der Waals surface area contributed by atoms with Crippen molar-refractivity contribution in [3.05, 3.63) is 57.0 Å². The first kappa shape index (κ1) is 16.9. The average molecular weight is 327 g/mol. The normalized spacial score (nSPS) is 10.0. The third kappa shape index (κ3) is 3.01. The number of carbonyl (C=O) groups excluding carboxylic acids is 1. The lowest BCUT2D eigenvalue weighted by atomic mass is 10.1. The summed E-state index contributed by atoms with van der Waals surface area (Å²) < 4.78 is 5.76.